The summed E-state index contributed by atoms with van der Waals surface area (Å²) in [5, 5.41) is 0.921. The Labute approximate surface area is 91.6 Å². The van der Waals surface area contributed by atoms with Gasteiger partial charge in [0.05, 0.1) is 13.0 Å². The molecule has 0 heterocycles. The Morgan fingerprint density at radius 3 is 2.75 bits per heavy atom. The van der Waals surface area contributed by atoms with Crippen molar-refractivity contribution in [1.82, 2.24) is 5.01 Å². The first-order valence-electron chi connectivity index (χ1n) is 4.60. The van der Waals surface area contributed by atoms with Crippen LogP contribution in [0, 0.1) is 11.6 Å². The van der Waals surface area contributed by atoms with Crippen LogP contribution in [0.3, 0.4) is 0 Å². The standard InChI is InChI=1S/C10H12F2N2O2/c1-14(13)10(15)4-5-16-9-3-2-7(11)6-8(9)12/h2-3,6H,4-5,13H2,1H3. The summed E-state index contributed by atoms with van der Waals surface area (Å²) in [6.07, 6.45) is 0.0316. The van der Waals surface area contributed by atoms with E-state index in [-0.39, 0.29) is 24.7 Å². The maximum Gasteiger partial charge on any atom is 0.239 e. The molecular weight excluding hydrogens is 218 g/mol. The fourth-order valence-electron chi connectivity index (χ4n) is 1.02. The van der Waals surface area contributed by atoms with Gasteiger partial charge < -0.3 is 4.74 Å². The lowest BCUT2D eigenvalue weighted by Crippen LogP contribution is -2.33. The van der Waals surface area contributed by atoms with Gasteiger partial charge in [0, 0.05) is 13.1 Å². The van der Waals surface area contributed by atoms with Crippen LogP contribution in [0.1, 0.15) is 6.42 Å². The van der Waals surface area contributed by atoms with Crippen molar-refractivity contribution in [3.63, 3.8) is 0 Å². The first-order valence-corrected chi connectivity index (χ1v) is 4.60. The molecule has 0 aliphatic heterocycles. The van der Waals surface area contributed by atoms with Gasteiger partial charge in [-0.2, -0.15) is 0 Å². The average molecular weight is 230 g/mol. The molecule has 0 unspecified atom stereocenters. The minimum atomic E-state index is -0.798. The molecule has 4 nitrogen and oxygen atoms in total. The number of amides is 1. The lowest BCUT2D eigenvalue weighted by Gasteiger charge is -2.10. The highest BCUT2D eigenvalue weighted by atomic mass is 19.1. The molecular formula is C10H12F2N2O2. The largest absolute Gasteiger partial charge is 0.490 e. The van der Waals surface area contributed by atoms with Crippen LogP contribution in [0.2, 0.25) is 0 Å². The Kier molecular flexibility index (Phi) is 4.19. The van der Waals surface area contributed by atoms with E-state index < -0.39 is 11.6 Å². The molecule has 16 heavy (non-hydrogen) atoms. The Hall–Kier alpha value is -1.69. The van der Waals surface area contributed by atoms with E-state index in [4.69, 9.17) is 10.6 Å². The first kappa shape index (κ1) is 12.4. The Morgan fingerprint density at radius 1 is 1.50 bits per heavy atom. The zero-order chi connectivity index (χ0) is 12.1. The molecule has 0 aromatic heterocycles. The summed E-state index contributed by atoms with van der Waals surface area (Å²) < 4.78 is 30.5. The van der Waals surface area contributed by atoms with Gasteiger partial charge in [-0.15, -0.1) is 0 Å². The predicted molar refractivity (Wildman–Crippen MR) is 53.4 cm³/mol. The summed E-state index contributed by atoms with van der Waals surface area (Å²) in [7, 11) is 1.40. The second-order valence-corrected chi connectivity index (χ2v) is 3.18. The number of ether oxygens (including phenoxy) is 1. The molecule has 0 atom stereocenters. The van der Waals surface area contributed by atoms with Crippen LogP contribution < -0.4 is 10.6 Å². The van der Waals surface area contributed by atoms with Gasteiger partial charge in [0.1, 0.15) is 5.82 Å². The van der Waals surface area contributed by atoms with E-state index in [1.807, 2.05) is 0 Å². The van der Waals surface area contributed by atoms with Gasteiger partial charge in [0.25, 0.3) is 0 Å². The van der Waals surface area contributed by atoms with Crippen LogP contribution in [-0.2, 0) is 4.79 Å². The number of hydrazine groups is 1. The zero-order valence-electron chi connectivity index (χ0n) is 8.74. The highest BCUT2D eigenvalue weighted by molar-refractivity contribution is 5.75. The fourth-order valence-corrected chi connectivity index (χ4v) is 1.02. The second kappa shape index (κ2) is 5.41. The lowest BCUT2D eigenvalue weighted by molar-refractivity contribution is -0.130. The summed E-state index contributed by atoms with van der Waals surface area (Å²) in [6, 6.07) is 2.96. The van der Waals surface area contributed by atoms with E-state index in [2.05, 4.69) is 0 Å². The summed E-state index contributed by atoms with van der Waals surface area (Å²) in [5.41, 5.74) is 0. The number of hydrogen-bond donors (Lipinski definition) is 1. The van der Waals surface area contributed by atoms with Crippen LogP contribution in [0.25, 0.3) is 0 Å². The molecule has 2 N–H and O–H groups in total. The van der Waals surface area contributed by atoms with Gasteiger partial charge in [0.2, 0.25) is 5.91 Å². The highest BCUT2D eigenvalue weighted by Gasteiger charge is 2.07. The van der Waals surface area contributed by atoms with E-state index in [9.17, 15) is 13.6 Å². The number of nitrogens with zero attached hydrogens (tertiary/aromatic N) is 1. The minimum absolute atomic E-state index is 0.0110. The highest BCUT2D eigenvalue weighted by Crippen LogP contribution is 2.17. The van der Waals surface area contributed by atoms with Gasteiger partial charge in [-0.25, -0.2) is 14.6 Å². The van der Waals surface area contributed by atoms with Crippen molar-refractivity contribution >= 4 is 5.91 Å². The van der Waals surface area contributed by atoms with Crippen molar-refractivity contribution in [1.29, 1.82) is 0 Å². The Bertz CT molecular complexity index is 383. The number of carbonyl (C=O) groups is 1. The van der Waals surface area contributed by atoms with Crippen molar-refractivity contribution < 1.29 is 18.3 Å². The molecule has 0 aliphatic carbocycles. The maximum absolute atomic E-state index is 13.0. The van der Waals surface area contributed by atoms with Gasteiger partial charge >= 0.3 is 0 Å². The molecule has 88 valence electrons. The Morgan fingerprint density at radius 2 is 2.19 bits per heavy atom. The van der Waals surface area contributed by atoms with Crippen molar-refractivity contribution in [3.05, 3.63) is 29.8 Å². The fraction of sp³-hybridized carbons (Fsp3) is 0.300. The maximum atomic E-state index is 13.0. The summed E-state index contributed by atoms with van der Waals surface area (Å²) in [4.78, 5) is 11.0. The number of benzene rings is 1. The molecule has 0 spiro atoms. The number of nitrogens with two attached hydrogens (primary N) is 1. The van der Waals surface area contributed by atoms with E-state index >= 15 is 0 Å². The molecule has 1 aromatic rings. The third-order valence-electron chi connectivity index (χ3n) is 1.86. The molecule has 0 aliphatic rings. The molecule has 1 amide bonds. The topological polar surface area (TPSA) is 55.6 Å². The quantitative estimate of drug-likeness (QED) is 0.478. The first-order chi connectivity index (χ1) is 7.50. The summed E-state index contributed by atoms with van der Waals surface area (Å²) >= 11 is 0. The summed E-state index contributed by atoms with van der Waals surface area (Å²) in [6.45, 7) is -0.0110. The van der Waals surface area contributed by atoms with Crippen molar-refractivity contribution in [2.75, 3.05) is 13.7 Å². The number of halogens is 2. The molecule has 6 heteroatoms. The number of hydrogen-bond acceptors (Lipinski definition) is 3. The third-order valence-corrected chi connectivity index (χ3v) is 1.86. The van der Waals surface area contributed by atoms with E-state index in [0.717, 1.165) is 11.1 Å². The normalized spacial score (nSPS) is 10.0. The lowest BCUT2D eigenvalue weighted by atomic mass is 10.3. The minimum Gasteiger partial charge on any atom is -0.490 e. The monoisotopic (exact) mass is 230 g/mol. The van der Waals surface area contributed by atoms with Crippen LogP contribution in [0.4, 0.5) is 8.78 Å². The molecule has 1 aromatic carbocycles. The van der Waals surface area contributed by atoms with Gasteiger partial charge in [-0.1, -0.05) is 0 Å². The van der Waals surface area contributed by atoms with E-state index in [1.165, 1.54) is 13.1 Å². The second-order valence-electron chi connectivity index (χ2n) is 3.18. The zero-order valence-corrected chi connectivity index (χ0v) is 8.74. The smallest absolute Gasteiger partial charge is 0.239 e. The van der Waals surface area contributed by atoms with Gasteiger partial charge in [-0.05, 0) is 12.1 Å². The van der Waals surface area contributed by atoms with Crippen molar-refractivity contribution in [2.45, 2.75) is 6.42 Å². The number of rotatable bonds is 4. The van der Waals surface area contributed by atoms with Crippen LogP contribution in [-0.4, -0.2) is 24.6 Å². The number of carbonyl (C=O) groups excluding carboxylic acids is 1. The van der Waals surface area contributed by atoms with Crippen LogP contribution in [0.15, 0.2) is 18.2 Å². The van der Waals surface area contributed by atoms with Crippen LogP contribution in [0.5, 0.6) is 5.75 Å². The third kappa shape index (κ3) is 3.47. The van der Waals surface area contributed by atoms with E-state index in [1.54, 1.807) is 0 Å². The van der Waals surface area contributed by atoms with Gasteiger partial charge in [0.15, 0.2) is 11.6 Å². The molecule has 0 fully saturated rings. The Balaban J connectivity index is 2.46. The molecule has 1 rings (SSSR count). The van der Waals surface area contributed by atoms with E-state index in [0.29, 0.717) is 6.07 Å². The van der Waals surface area contributed by atoms with Gasteiger partial charge in [-0.3, -0.25) is 9.80 Å². The molecule has 0 radical (unpaired) electrons. The molecule has 0 bridgehead atoms. The van der Waals surface area contributed by atoms with Crippen LogP contribution >= 0.6 is 0 Å². The van der Waals surface area contributed by atoms with Crippen molar-refractivity contribution in [3.8, 4) is 5.75 Å². The molecule has 0 saturated carbocycles. The summed E-state index contributed by atoms with van der Waals surface area (Å²) in [5.74, 6) is 3.27. The predicted octanol–water partition coefficient (Wildman–Crippen LogP) is 1.07. The SMILES string of the molecule is CN(N)C(=O)CCOc1ccc(F)cc1F. The van der Waals surface area contributed by atoms with Crippen molar-refractivity contribution in [2.24, 2.45) is 5.84 Å². The molecule has 0 saturated heterocycles. The average Bonchev–Trinajstić information content (AvgIpc) is 2.20.